The van der Waals surface area contributed by atoms with Crippen LogP contribution in [0.1, 0.15) is 30.7 Å². The maximum atomic E-state index is 12.7. The Balaban J connectivity index is 1.60. The molecule has 4 rings (SSSR count). The Bertz CT molecular complexity index is 909. The molecular formula is C20H23ClN2O3S. The van der Waals surface area contributed by atoms with Crippen LogP contribution in [0.4, 0.5) is 5.69 Å². The van der Waals surface area contributed by atoms with Crippen LogP contribution in [0.5, 0.6) is 5.75 Å². The number of halogens is 1. The first-order valence-corrected chi connectivity index (χ1v) is 11.1. The van der Waals surface area contributed by atoms with Crippen LogP contribution < -0.4 is 14.8 Å². The molecule has 0 aliphatic carbocycles. The number of ether oxygens (including phenoxy) is 1. The Kier molecular flexibility index (Phi) is 5.30. The van der Waals surface area contributed by atoms with Crippen LogP contribution in [-0.2, 0) is 10.0 Å². The van der Waals surface area contributed by atoms with Crippen molar-refractivity contribution in [2.45, 2.75) is 30.1 Å². The molecule has 0 aromatic heterocycles. The Labute approximate surface area is 165 Å². The highest BCUT2D eigenvalue weighted by Gasteiger charge is 2.30. The lowest BCUT2D eigenvalue weighted by Gasteiger charge is -2.35. The van der Waals surface area contributed by atoms with E-state index in [0.29, 0.717) is 22.5 Å². The van der Waals surface area contributed by atoms with E-state index in [0.717, 1.165) is 50.3 Å². The fourth-order valence-electron chi connectivity index (χ4n) is 4.05. The van der Waals surface area contributed by atoms with Gasteiger partial charge in [0, 0.05) is 10.7 Å². The van der Waals surface area contributed by atoms with E-state index in [9.17, 15) is 8.42 Å². The van der Waals surface area contributed by atoms with Gasteiger partial charge in [0.25, 0.3) is 10.0 Å². The average Bonchev–Trinajstić information content (AvgIpc) is 2.68. The van der Waals surface area contributed by atoms with Crippen molar-refractivity contribution in [1.29, 1.82) is 0 Å². The maximum Gasteiger partial charge on any atom is 0.261 e. The van der Waals surface area contributed by atoms with Gasteiger partial charge in [-0.15, -0.1) is 0 Å². The molecule has 1 atom stereocenters. The Morgan fingerprint density at radius 1 is 1.04 bits per heavy atom. The minimum atomic E-state index is -3.66. The highest BCUT2D eigenvalue weighted by atomic mass is 35.5. The molecule has 1 fully saturated rings. The largest absolute Gasteiger partial charge is 0.493 e. The molecule has 27 heavy (non-hydrogen) atoms. The van der Waals surface area contributed by atoms with Gasteiger partial charge in [0.1, 0.15) is 5.75 Å². The van der Waals surface area contributed by atoms with Crippen molar-refractivity contribution in [3.05, 3.63) is 53.1 Å². The summed E-state index contributed by atoms with van der Waals surface area (Å²) in [5.74, 6) is 1.90. The number of nitrogens with one attached hydrogen (secondary N) is 2. The van der Waals surface area contributed by atoms with Crippen LogP contribution in [0.15, 0.2) is 47.4 Å². The minimum Gasteiger partial charge on any atom is -0.493 e. The third-order valence-corrected chi connectivity index (χ3v) is 7.07. The summed E-state index contributed by atoms with van der Waals surface area (Å²) in [6.45, 7) is 2.80. The van der Waals surface area contributed by atoms with E-state index in [1.807, 2.05) is 12.1 Å². The van der Waals surface area contributed by atoms with Crippen molar-refractivity contribution in [1.82, 2.24) is 5.32 Å². The van der Waals surface area contributed by atoms with Crippen LogP contribution in [0, 0.1) is 5.92 Å². The van der Waals surface area contributed by atoms with Gasteiger partial charge in [-0.2, -0.15) is 0 Å². The van der Waals surface area contributed by atoms with E-state index in [-0.39, 0.29) is 4.90 Å². The van der Waals surface area contributed by atoms with Crippen molar-refractivity contribution >= 4 is 27.3 Å². The molecule has 1 saturated heterocycles. The van der Waals surface area contributed by atoms with E-state index in [4.69, 9.17) is 16.3 Å². The number of benzene rings is 2. The number of rotatable bonds is 4. The van der Waals surface area contributed by atoms with E-state index < -0.39 is 10.0 Å². The first-order chi connectivity index (χ1) is 13.0. The molecule has 2 aromatic carbocycles. The molecule has 0 spiro atoms. The second kappa shape index (κ2) is 7.70. The molecule has 1 unspecified atom stereocenters. The molecular weight excluding hydrogens is 384 g/mol. The smallest absolute Gasteiger partial charge is 0.261 e. The van der Waals surface area contributed by atoms with Gasteiger partial charge in [-0.1, -0.05) is 11.6 Å². The fraction of sp³-hybridized carbons (Fsp3) is 0.400. The molecule has 7 heteroatoms. The van der Waals surface area contributed by atoms with Crippen molar-refractivity contribution in [2.24, 2.45) is 5.92 Å². The predicted octanol–water partition coefficient (Wildman–Crippen LogP) is 4.01. The second-order valence-electron chi connectivity index (χ2n) is 7.14. The lowest BCUT2D eigenvalue weighted by molar-refractivity contribution is 0.216. The van der Waals surface area contributed by atoms with Crippen molar-refractivity contribution in [3.63, 3.8) is 0 Å². The third kappa shape index (κ3) is 4.08. The number of anilines is 1. The summed E-state index contributed by atoms with van der Waals surface area (Å²) in [7, 11) is -3.66. The van der Waals surface area contributed by atoms with E-state index in [2.05, 4.69) is 10.0 Å². The molecule has 0 radical (unpaired) electrons. The first-order valence-electron chi connectivity index (χ1n) is 9.29. The summed E-state index contributed by atoms with van der Waals surface area (Å²) >= 11 is 5.86. The Morgan fingerprint density at radius 3 is 2.52 bits per heavy atom. The number of hydrogen-bond acceptors (Lipinski definition) is 4. The standard InChI is InChI=1S/C20H23ClN2O3S/c21-15-1-4-17(5-2-15)27(24,25)23-16-3-6-20-19(13-16)18(9-12-26-20)14-7-10-22-11-8-14/h1-6,13-14,18,22-23H,7-12H2. The first kappa shape index (κ1) is 18.6. The van der Waals surface area contributed by atoms with Gasteiger partial charge in [0.2, 0.25) is 0 Å². The SMILES string of the molecule is O=S(=O)(Nc1ccc2c(c1)C(C1CCNCC1)CCO2)c1ccc(Cl)cc1. The quantitative estimate of drug-likeness (QED) is 0.805. The number of fused-ring (bicyclic) bond motifs is 1. The zero-order valence-electron chi connectivity index (χ0n) is 14.9. The average molecular weight is 407 g/mol. The normalized spacial score (nSPS) is 20.6. The van der Waals surface area contributed by atoms with Gasteiger partial charge < -0.3 is 10.1 Å². The summed E-state index contributed by atoms with van der Waals surface area (Å²) < 4.78 is 33.8. The topological polar surface area (TPSA) is 67.4 Å². The molecule has 5 nitrogen and oxygen atoms in total. The molecule has 2 N–H and O–H groups in total. The zero-order valence-corrected chi connectivity index (χ0v) is 16.5. The molecule has 2 heterocycles. The zero-order chi connectivity index (χ0) is 18.9. The molecule has 144 valence electrons. The van der Waals surface area contributed by atoms with Crippen LogP contribution >= 0.6 is 11.6 Å². The van der Waals surface area contributed by atoms with E-state index in [1.54, 1.807) is 18.2 Å². The van der Waals surface area contributed by atoms with Crippen LogP contribution in [0.2, 0.25) is 5.02 Å². The summed E-state index contributed by atoms with van der Waals surface area (Å²) in [5, 5.41) is 3.91. The summed E-state index contributed by atoms with van der Waals surface area (Å²) in [5.41, 5.74) is 1.68. The lowest BCUT2D eigenvalue weighted by atomic mass is 9.77. The van der Waals surface area contributed by atoms with Crippen LogP contribution in [0.3, 0.4) is 0 Å². The number of hydrogen-bond donors (Lipinski definition) is 2. The summed E-state index contributed by atoms with van der Waals surface area (Å²) in [4.78, 5) is 0.191. The Hall–Kier alpha value is -1.76. The predicted molar refractivity (Wildman–Crippen MR) is 107 cm³/mol. The molecule has 0 saturated carbocycles. The summed E-state index contributed by atoms with van der Waals surface area (Å²) in [6.07, 6.45) is 3.26. The van der Waals surface area contributed by atoms with Crippen LogP contribution in [0.25, 0.3) is 0 Å². The third-order valence-electron chi connectivity index (χ3n) is 5.42. The van der Waals surface area contributed by atoms with Gasteiger partial charge in [-0.25, -0.2) is 8.42 Å². The molecule has 0 bridgehead atoms. The van der Waals surface area contributed by atoms with Gasteiger partial charge in [0.05, 0.1) is 11.5 Å². The minimum absolute atomic E-state index is 0.191. The molecule has 2 aromatic rings. The monoisotopic (exact) mass is 406 g/mol. The van der Waals surface area contributed by atoms with Gasteiger partial charge in [-0.05, 0) is 92.2 Å². The number of piperidine rings is 1. The molecule has 2 aliphatic heterocycles. The maximum absolute atomic E-state index is 12.7. The summed E-state index contributed by atoms with van der Waals surface area (Å²) in [6, 6.07) is 11.7. The van der Waals surface area contributed by atoms with Crippen LogP contribution in [-0.4, -0.2) is 28.1 Å². The second-order valence-corrected chi connectivity index (χ2v) is 9.26. The molecule has 0 amide bonds. The van der Waals surface area contributed by atoms with Crippen molar-refractivity contribution < 1.29 is 13.2 Å². The van der Waals surface area contributed by atoms with Gasteiger partial charge in [0.15, 0.2) is 0 Å². The lowest BCUT2D eigenvalue weighted by Crippen LogP contribution is -2.32. The van der Waals surface area contributed by atoms with Crippen molar-refractivity contribution in [3.8, 4) is 5.75 Å². The highest BCUT2D eigenvalue weighted by molar-refractivity contribution is 7.92. The van der Waals surface area contributed by atoms with Gasteiger partial charge >= 0.3 is 0 Å². The molecule has 2 aliphatic rings. The fourth-order valence-corrected chi connectivity index (χ4v) is 5.22. The number of sulfonamides is 1. The Morgan fingerprint density at radius 2 is 1.78 bits per heavy atom. The highest BCUT2D eigenvalue weighted by Crippen LogP contribution is 2.42. The van der Waals surface area contributed by atoms with E-state index >= 15 is 0 Å². The van der Waals surface area contributed by atoms with Crippen molar-refractivity contribution in [2.75, 3.05) is 24.4 Å². The van der Waals surface area contributed by atoms with Gasteiger partial charge in [-0.3, -0.25) is 4.72 Å². The van der Waals surface area contributed by atoms with E-state index in [1.165, 1.54) is 12.1 Å².